The quantitative estimate of drug-likeness (QED) is 0.166. The number of nitrogens with two attached hydrogens (primary N) is 1. The normalized spacial score (nSPS) is 12.1. The van der Waals surface area contributed by atoms with E-state index in [4.69, 9.17) is 5.73 Å². The molecule has 1 atom stereocenters. The molecule has 0 aromatic heterocycles. The van der Waals surface area contributed by atoms with E-state index in [-0.39, 0.29) is 24.4 Å². The first kappa shape index (κ1) is 15.9. The molecule has 0 aliphatic heterocycles. The molecule has 0 heterocycles. The number of hydrogen-bond donors (Lipinski definition) is 5. The SMILES string of the molecule is NC(=O)[C@H](CCCCNC(=O)CNS)NI. The Morgan fingerprint density at radius 3 is 2.56 bits per heavy atom. The lowest BCUT2D eigenvalue weighted by Gasteiger charge is -2.10. The monoisotopic (exact) mass is 360 g/mol. The Hall–Kier alpha value is -0.0600. The Morgan fingerprint density at radius 2 is 2.06 bits per heavy atom. The van der Waals surface area contributed by atoms with Gasteiger partial charge in [0.25, 0.3) is 0 Å². The maximum Gasteiger partial charge on any atom is 0.235 e. The van der Waals surface area contributed by atoms with Crippen LogP contribution in [-0.2, 0) is 9.59 Å². The summed E-state index contributed by atoms with van der Waals surface area (Å²) in [5.41, 5.74) is 5.16. The van der Waals surface area contributed by atoms with Crippen molar-refractivity contribution in [3.05, 3.63) is 0 Å². The number of amides is 2. The number of rotatable bonds is 9. The fourth-order valence-corrected chi connectivity index (χ4v) is 1.85. The molecule has 0 aromatic carbocycles. The molecule has 0 unspecified atom stereocenters. The summed E-state index contributed by atoms with van der Waals surface area (Å²) >= 11 is 5.62. The largest absolute Gasteiger partial charge is 0.368 e. The molecule has 0 saturated heterocycles. The van der Waals surface area contributed by atoms with Gasteiger partial charge in [0.15, 0.2) is 0 Å². The predicted octanol–water partition coefficient (Wildman–Crippen LogP) is -0.499. The van der Waals surface area contributed by atoms with Gasteiger partial charge in [0.1, 0.15) is 0 Å². The Bertz CT molecular complexity index is 230. The van der Waals surface area contributed by atoms with Crippen molar-refractivity contribution in [2.75, 3.05) is 13.1 Å². The van der Waals surface area contributed by atoms with Crippen LogP contribution in [0.5, 0.6) is 0 Å². The molecule has 0 spiro atoms. The van der Waals surface area contributed by atoms with Gasteiger partial charge in [0.05, 0.1) is 12.6 Å². The van der Waals surface area contributed by atoms with E-state index in [2.05, 4.69) is 26.4 Å². The van der Waals surface area contributed by atoms with Gasteiger partial charge in [-0.3, -0.25) is 14.3 Å². The van der Waals surface area contributed by atoms with Crippen LogP contribution in [0.4, 0.5) is 0 Å². The van der Waals surface area contributed by atoms with Crippen molar-refractivity contribution < 1.29 is 9.59 Å². The molecule has 2 amide bonds. The summed E-state index contributed by atoms with van der Waals surface area (Å²) in [7, 11) is 0. The lowest BCUT2D eigenvalue weighted by Crippen LogP contribution is -2.36. The minimum atomic E-state index is -0.349. The molecule has 16 heavy (non-hydrogen) atoms. The number of unbranched alkanes of at least 4 members (excludes halogenated alkanes) is 1. The van der Waals surface area contributed by atoms with E-state index in [0.717, 1.165) is 12.8 Å². The van der Waals surface area contributed by atoms with Crippen LogP contribution < -0.4 is 19.3 Å². The molecule has 0 saturated carbocycles. The van der Waals surface area contributed by atoms with Crippen molar-refractivity contribution in [2.45, 2.75) is 25.3 Å². The molecule has 94 valence electrons. The summed E-state index contributed by atoms with van der Waals surface area (Å²) in [6.45, 7) is 0.795. The van der Waals surface area contributed by atoms with E-state index in [0.29, 0.717) is 13.0 Å². The standard InChI is InChI=1S/C8H17IN4O2S/c9-13-6(8(10)15)3-1-2-4-11-7(14)5-12-16/h6,12-13,16H,1-5H2,(H2,10,15)(H,11,14)/t6-/m0/s1. The lowest BCUT2D eigenvalue weighted by molar-refractivity contribution is -0.120. The average Bonchev–Trinajstić information content (AvgIpc) is 2.23. The van der Waals surface area contributed by atoms with Crippen LogP contribution in [-0.4, -0.2) is 30.9 Å². The van der Waals surface area contributed by atoms with Crippen LogP contribution in [0.2, 0.25) is 0 Å². The molecule has 5 N–H and O–H groups in total. The third-order valence-electron chi connectivity index (χ3n) is 1.96. The second-order valence-electron chi connectivity index (χ2n) is 3.24. The smallest absolute Gasteiger partial charge is 0.235 e. The second kappa shape index (κ2) is 10.1. The fourth-order valence-electron chi connectivity index (χ4n) is 1.09. The third kappa shape index (κ3) is 8.13. The van der Waals surface area contributed by atoms with Gasteiger partial charge in [-0.05, 0) is 19.3 Å². The van der Waals surface area contributed by atoms with Gasteiger partial charge in [0.2, 0.25) is 11.8 Å². The van der Waals surface area contributed by atoms with Gasteiger partial charge in [-0.2, -0.15) is 0 Å². The van der Waals surface area contributed by atoms with Crippen LogP contribution in [0.25, 0.3) is 0 Å². The summed E-state index contributed by atoms with van der Waals surface area (Å²) in [4.78, 5) is 21.9. The van der Waals surface area contributed by atoms with E-state index in [1.807, 2.05) is 22.9 Å². The molecule has 8 heteroatoms. The van der Waals surface area contributed by atoms with Crippen LogP contribution in [0.3, 0.4) is 0 Å². The van der Waals surface area contributed by atoms with Crippen molar-refractivity contribution in [1.29, 1.82) is 0 Å². The molecule has 0 bridgehead atoms. The van der Waals surface area contributed by atoms with Crippen LogP contribution in [0.15, 0.2) is 0 Å². The molecule has 6 nitrogen and oxygen atoms in total. The maximum absolute atomic E-state index is 11.0. The minimum absolute atomic E-state index is 0.0894. The first-order valence-corrected chi connectivity index (χ1v) is 6.43. The number of carbonyl (C=O) groups is 2. The van der Waals surface area contributed by atoms with Crippen molar-refractivity contribution in [2.24, 2.45) is 5.73 Å². The third-order valence-corrected chi connectivity index (χ3v) is 2.87. The van der Waals surface area contributed by atoms with E-state index in [1.165, 1.54) is 0 Å². The predicted molar refractivity (Wildman–Crippen MR) is 74.0 cm³/mol. The van der Waals surface area contributed by atoms with E-state index in [9.17, 15) is 9.59 Å². The highest BCUT2D eigenvalue weighted by atomic mass is 127. The van der Waals surface area contributed by atoms with Gasteiger partial charge in [-0.1, -0.05) is 12.8 Å². The highest BCUT2D eigenvalue weighted by Gasteiger charge is 2.12. The number of primary amides is 1. The molecule has 0 aliphatic carbocycles. The number of thiol groups is 1. The second-order valence-corrected chi connectivity index (χ2v) is 4.18. The van der Waals surface area contributed by atoms with E-state index >= 15 is 0 Å². The molecular weight excluding hydrogens is 343 g/mol. The van der Waals surface area contributed by atoms with Crippen LogP contribution >= 0.6 is 35.7 Å². The minimum Gasteiger partial charge on any atom is -0.368 e. The molecule has 0 rings (SSSR count). The number of nitrogens with one attached hydrogen (secondary N) is 3. The van der Waals surface area contributed by atoms with E-state index < -0.39 is 0 Å². The zero-order valence-corrected chi connectivity index (χ0v) is 11.9. The molecule has 0 radical (unpaired) electrons. The Kier molecular flexibility index (Phi) is 10.1. The number of carbonyl (C=O) groups excluding carboxylic acids is 2. The molecule has 0 aromatic rings. The summed E-state index contributed by atoms with van der Waals surface area (Å²) < 4.78 is 5.27. The Morgan fingerprint density at radius 1 is 1.38 bits per heavy atom. The molecule has 0 fully saturated rings. The zero-order chi connectivity index (χ0) is 12.4. The van der Waals surface area contributed by atoms with Gasteiger partial charge >= 0.3 is 0 Å². The summed E-state index contributed by atoms with van der Waals surface area (Å²) in [6, 6.07) is -0.296. The lowest BCUT2D eigenvalue weighted by atomic mass is 10.1. The first-order chi connectivity index (χ1) is 7.61. The summed E-state index contributed by atoms with van der Waals surface area (Å²) in [5, 5.41) is 2.72. The fraction of sp³-hybridized carbons (Fsp3) is 0.750. The van der Waals surface area contributed by atoms with E-state index in [1.54, 1.807) is 0 Å². The first-order valence-electron chi connectivity index (χ1n) is 4.91. The van der Waals surface area contributed by atoms with Crippen molar-refractivity contribution in [3.8, 4) is 0 Å². The summed E-state index contributed by atoms with van der Waals surface area (Å²) in [6.07, 6.45) is 2.33. The van der Waals surface area contributed by atoms with Crippen LogP contribution in [0.1, 0.15) is 19.3 Å². The van der Waals surface area contributed by atoms with Gasteiger partial charge in [-0.25, -0.2) is 3.53 Å². The zero-order valence-electron chi connectivity index (χ0n) is 8.83. The van der Waals surface area contributed by atoms with Gasteiger partial charge in [-0.15, -0.1) is 0 Å². The van der Waals surface area contributed by atoms with Gasteiger partial charge < -0.3 is 11.1 Å². The maximum atomic E-state index is 11.0. The van der Waals surface area contributed by atoms with Gasteiger partial charge in [0, 0.05) is 29.4 Å². The highest BCUT2D eigenvalue weighted by molar-refractivity contribution is 14.1. The highest BCUT2D eigenvalue weighted by Crippen LogP contribution is 2.01. The summed E-state index contributed by atoms with van der Waals surface area (Å²) in [5.74, 6) is -0.439. The Balaban J connectivity index is 3.45. The average molecular weight is 360 g/mol. The molecular formula is C8H17IN4O2S. The van der Waals surface area contributed by atoms with Crippen molar-refractivity contribution in [3.63, 3.8) is 0 Å². The van der Waals surface area contributed by atoms with Crippen molar-refractivity contribution >= 4 is 47.5 Å². The molecule has 0 aliphatic rings. The van der Waals surface area contributed by atoms with Crippen LogP contribution in [0, 0.1) is 0 Å². The Labute approximate surface area is 115 Å². The number of halogens is 1. The number of hydrogen-bond acceptors (Lipinski definition) is 5. The van der Waals surface area contributed by atoms with Crippen molar-refractivity contribution in [1.82, 2.24) is 13.6 Å². The topological polar surface area (TPSA) is 96.2 Å².